The fourth-order valence-electron chi connectivity index (χ4n) is 2.58. The number of nitrogens with zero attached hydrogens (tertiary/aromatic N) is 1. The van der Waals surface area contributed by atoms with Crippen molar-refractivity contribution in [3.8, 4) is 11.6 Å². The van der Waals surface area contributed by atoms with Crippen molar-refractivity contribution in [1.82, 2.24) is 15.0 Å². The Morgan fingerprint density at radius 1 is 1.00 bits per heavy atom. The molecule has 0 atom stereocenters. The third-order valence-corrected chi connectivity index (χ3v) is 3.54. The van der Waals surface area contributed by atoms with E-state index in [-0.39, 0.29) is 0 Å². The largest absolute Gasteiger partial charge is 0.438 e. The SMILES string of the molecule is Cc1cc2cc(Oc3nc(=O)[nH]c4ccccc34)ccc2[nH]1. The Balaban J connectivity index is 1.83. The molecule has 2 aromatic heterocycles. The molecule has 0 aliphatic heterocycles. The Morgan fingerprint density at radius 2 is 1.86 bits per heavy atom. The standard InChI is InChI=1S/C17H13N3O2/c1-10-8-11-9-12(6-7-14(11)18-10)22-16-13-4-2-3-5-15(13)19-17(21)20-16/h2-9,18H,1H3,(H,19,20,21). The van der Waals surface area contributed by atoms with Crippen LogP contribution in [0.3, 0.4) is 0 Å². The van der Waals surface area contributed by atoms with Gasteiger partial charge in [-0.3, -0.25) is 0 Å². The second-order valence-electron chi connectivity index (χ2n) is 5.20. The van der Waals surface area contributed by atoms with Crippen LogP contribution in [0, 0.1) is 6.92 Å². The highest BCUT2D eigenvalue weighted by Crippen LogP contribution is 2.28. The van der Waals surface area contributed by atoms with Gasteiger partial charge in [0.1, 0.15) is 5.75 Å². The van der Waals surface area contributed by atoms with Crippen LogP contribution in [-0.2, 0) is 0 Å². The van der Waals surface area contributed by atoms with E-state index in [9.17, 15) is 4.79 Å². The first-order valence-electron chi connectivity index (χ1n) is 6.95. The Hall–Kier alpha value is -3.08. The van der Waals surface area contributed by atoms with Crippen LogP contribution >= 0.6 is 0 Å². The minimum absolute atomic E-state index is 0.311. The highest BCUT2D eigenvalue weighted by atomic mass is 16.5. The summed E-state index contributed by atoms with van der Waals surface area (Å²) >= 11 is 0. The molecule has 22 heavy (non-hydrogen) atoms. The minimum Gasteiger partial charge on any atom is -0.438 e. The number of H-pyrrole nitrogens is 2. The number of benzene rings is 2. The topological polar surface area (TPSA) is 70.8 Å². The number of ether oxygens (including phenoxy) is 1. The van der Waals surface area contributed by atoms with Crippen molar-refractivity contribution in [2.24, 2.45) is 0 Å². The number of aromatic amines is 2. The molecule has 2 N–H and O–H groups in total. The number of hydrogen-bond acceptors (Lipinski definition) is 3. The molecule has 5 nitrogen and oxygen atoms in total. The molecule has 0 amide bonds. The van der Waals surface area contributed by atoms with E-state index in [1.54, 1.807) is 0 Å². The first-order chi connectivity index (χ1) is 10.7. The summed E-state index contributed by atoms with van der Waals surface area (Å²) in [7, 11) is 0. The van der Waals surface area contributed by atoms with Gasteiger partial charge >= 0.3 is 5.69 Å². The first kappa shape index (κ1) is 12.6. The maximum Gasteiger partial charge on any atom is 0.348 e. The van der Waals surface area contributed by atoms with Gasteiger partial charge in [0.2, 0.25) is 5.88 Å². The van der Waals surface area contributed by atoms with Gasteiger partial charge in [-0.2, -0.15) is 4.98 Å². The summed E-state index contributed by atoms with van der Waals surface area (Å²) in [6.45, 7) is 2.01. The maximum atomic E-state index is 11.7. The molecular formula is C17H13N3O2. The van der Waals surface area contributed by atoms with Gasteiger partial charge in [-0.15, -0.1) is 0 Å². The lowest BCUT2D eigenvalue weighted by molar-refractivity contribution is 0.467. The molecule has 5 heteroatoms. The van der Waals surface area contributed by atoms with Crippen LogP contribution in [0.25, 0.3) is 21.8 Å². The lowest BCUT2D eigenvalue weighted by atomic mass is 10.2. The van der Waals surface area contributed by atoms with Gasteiger partial charge in [-0.05, 0) is 43.3 Å². The quantitative estimate of drug-likeness (QED) is 0.593. The second-order valence-corrected chi connectivity index (χ2v) is 5.20. The molecule has 0 bridgehead atoms. The molecule has 2 heterocycles. The van der Waals surface area contributed by atoms with Crippen molar-refractivity contribution < 1.29 is 4.74 Å². The van der Waals surface area contributed by atoms with Gasteiger partial charge in [-0.1, -0.05) is 12.1 Å². The van der Waals surface area contributed by atoms with Crippen molar-refractivity contribution in [1.29, 1.82) is 0 Å². The fourth-order valence-corrected chi connectivity index (χ4v) is 2.58. The van der Waals surface area contributed by atoms with E-state index in [4.69, 9.17) is 4.74 Å². The highest BCUT2D eigenvalue weighted by molar-refractivity contribution is 5.84. The van der Waals surface area contributed by atoms with E-state index in [1.807, 2.05) is 55.5 Å². The number of aromatic nitrogens is 3. The van der Waals surface area contributed by atoms with Crippen LogP contribution in [0.15, 0.2) is 53.3 Å². The Morgan fingerprint density at radius 3 is 2.77 bits per heavy atom. The van der Waals surface area contributed by atoms with E-state index >= 15 is 0 Å². The fraction of sp³-hybridized carbons (Fsp3) is 0.0588. The highest BCUT2D eigenvalue weighted by Gasteiger charge is 2.08. The number of aryl methyl sites for hydroxylation is 1. The number of nitrogens with one attached hydrogen (secondary N) is 2. The third-order valence-electron chi connectivity index (χ3n) is 3.54. The van der Waals surface area contributed by atoms with Gasteiger partial charge in [0.05, 0.1) is 10.9 Å². The third kappa shape index (κ3) is 2.13. The van der Waals surface area contributed by atoms with Gasteiger partial charge in [0.25, 0.3) is 0 Å². The molecule has 4 rings (SSSR count). The van der Waals surface area contributed by atoms with Gasteiger partial charge in [0.15, 0.2) is 0 Å². The molecule has 2 aromatic carbocycles. The Bertz CT molecular complexity index is 1050. The zero-order valence-corrected chi connectivity index (χ0v) is 11.9. The van der Waals surface area contributed by atoms with Crippen molar-refractivity contribution in [2.75, 3.05) is 0 Å². The first-order valence-corrected chi connectivity index (χ1v) is 6.95. The number of rotatable bonds is 2. The summed E-state index contributed by atoms with van der Waals surface area (Å²) in [4.78, 5) is 21.6. The average molecular weight is 291 g/mol. The smallest absolute Gasteiger partial charge is 0.348 e. The molecule has 0 saturated carbocycles. The summed E-state index contributed by atoms with van der Waals surface area (Å²) < 4.78 is 5.84. The summed E-state index contributed by atoms with van der Waals surface area (Å²) in [6, 6.07) is 15.2. The number of para-hydroxylation sites is 1. The molecule has 108 valence electrons. The van der Waals surface area contributed by atoms with Gasteiger partial charge in [0, 0.05) is 16.6 Å². The molecule has 0 spiro atoms. The molecule has 0 aliphatic carbocycles. The summed E-state index contributed by atoms with van der Waals surface area (Å²) in [5.74, 6) is 0.959. The molecule has 0 saturated heterocycles. The molecule has 0 fully saturated rings. The lowest BCUT2D eigenvalue weighted by Crippen LogP contribution is -2.10. The van der Waals surface area contributed by atoms with E-state index in [0.717, 1.165) is 22.0 Å². The lowest BCUT2D eigenvalue weighted by Gasteiger charge is -2.07. The maximum absolute atomic E-state index is 11.7. The molecule has 4 aromatic rings. The number of fused-ring (bicyclic) bond motifs is 2. The predicted molar refractivity (Wildman–Crippen MR) is 85.5 cm³/mol. The Kier molecular flexibility index (Phi) is 2.72. The van der Waals surface area contributed by atoms with Crippen molar-refractivity contribution in [3.63, 3.8) is 0 Å². The van der Waals surface area contributed by atoms with Crippen LogP contribution in [0.2, 0.25) is 0 Å². The minimum atomic E-state index is -0.424. The van der Waals surface area contributed by atoms with Crippen LogP contribution in [0.4, 0.5) is 0 Å². The zero-order chi connectivity index (χ0) is 15.1. The summed E-state index contributed by atoms with van der Waals surface area (Å²) in [6.07, 6.45) is 0. The van der Waals surface area contributed by atoms with Crippen LogP contribution in [0.5, 0.6) is 11.6 Å². The van der Waals surface area contributed by atoms with Crippen LogP contribution in [-0.4, -0.2) is 15.0 Å². The monoisotopic (exact) mass is 291 g/mol. The summed E-state index contributed by atoms with van der Waals surface area (Å²) in [5.41, 5.74) is 2.42. The van der Waals surface area contributed by atoms with Gasteiger partial charge in [-0.25, -0.2) is 4.79 Å². The number of hydrogen-bond donors (Lipinski definition) is 2. The van der Waals surface area contributed by atoms with Crippen LogP contribution in [0.1, 0.15) is 5.69 Å². The van der Waals surface area contributed by atoms with Crippen molar-refractivity contribution >= 4 is 21.8 Å². The van der Waals surface area contributed by atoms with E-state index in [1.165, 1.54) is 0 Å². The van der Waals surface area contributed by atoms with Crippen molar-refractivity contribution in [2.45, 2.75) is 6.92 Å². The van der Waals surface area contributed by atoms with E-state index in [2.05, 4.69) is 15.0 Å². The second kappa shape index (κ2) is 4.73. The zero-order valence-electron chi connectivity index (χ0n) is 11.9. The van der Waals surface area contributed by atoms with E-state index in [0.29, 0.717) is 17.1 Å². The predicted octanol–water partition coefficient (Wildman–Crippen LogP) is 3.51. The summed E-state index contributed by atoms with van der Waals surface area (Å²) in [5, 5.41) is 1.83. The average Bonchev–Trinajstić information content (AvgIpc) is 2.86. The molecular weight excluding hydrogens is 278 g/mol. The molecule has 0 radical (unpaired) electrons. The van der Waals surface area contributed by atoms with Crippen molar-refractivity contribution in [3.05, 3.63) is 64.7 Å². The van der Waals surface area contributed by atoms with E-state index < -0.39 is 5.69 Å². The molecule has 0 aliphatic rings. The molecule has 0 unspecified atom stereocenters. The van der Waals surface area contributed by atoms with Crippen LogP contribution < -0.4 is 10.4 Å². The Labute approximate surface area is 125 Å². The van der Waals surface area contributed by atoms with Gasteiger partial charge < -0.3 is 14.7 Å². The normalized spacial score (nSPS) is 11.1.